The average Bonchev–Trinajstić information content (AvgIpc) is 2.73. The van der Waals surface area contributed by atoms with Crippen molar-refractivity contribution in [2.24, 2.45) is 0 Å². The van der Waals surface area contributed by atoms with Crippen molar-refractivity contribution in [3.05, 3.63) is 34.1 Å². The Morgan fingerprint density at radius 1 is 1.23 bits per heavy atom. The smallest absolute Gasteiger partial charge is 0.337 e. The van der Waals surface area contributed by atoms with Crippen LogP contribution in [-0.4, -0.2) is 67.8 Å². The van der Waals surface area contributed by atoms with Crippen LogP contribution in [0.1, 0.15) is 23.7 Å². The summed E-state index contributed by atoms with van der Waals surface area (Å²) in [6.45, 7) is 3.14. The van der Waals surface area contributed by atoms with E-state index in [-0.39, 0.29) is 23.3 Å². The Labute approximate surface area is 179 Å². The number of nitrogens with zero attached hydrogens (tertiary/aromatic N) is 2. The number of carbonyl (C=O) groups excluding carboxylic acids is 2. The maximum absolute atomic E-state index is 13.0. The molecule has 0 radical (unpaired) electrons. The van der Waals surface area contributed by atoms with Crippen molar-refractivity contribution >= 4 is 34.5 Å². The molecule has 0 saturated heterocycles. The second-order valence-corrected chi connectivity index (χ2v) is 7.58. The molecular weight excluding hydrogens is 410 g/mol. The number of carbonyl (C=O) groups is 2. The average molecular weight is 438 g/mol. The molecule has 2 rings (SSSR count). The molecule has 0 aliphatic carbocycles. The van der Waals surface area contributed by atoms with E-state index in [0.29, 0.717) is 47.8 Å². The largest absolute Gasteiger partial charge is 0.465 e. The lowest BCUT2D eigenvalue weighted by atomic mass is 10.1. The molecule has 10 heteroatoms. The standard InChI is InChI=1S/C20H27N3O6S/c1-13(11-28-3)21-17(24)12-30-20-22-16-10-14(19(26)29-4)6-7-15(16)18(25)23(20)8-5-9-27-2/h6-7,10,13H,5,8-9,11-12H2,1-4H3,(H,21,24). The van der Waals surface area contributed by atoms with E-state index in [1.54, 1.807) is 20.3 Å². The Bertz CT molecular complexity index is 946. The van der Waals surface area contributed by atoms with Gasteiger partial charge in [0.25, 0.3) is 5.56 Å². The fraction of sp³-hybridized carbons (Fsp3) is 0.500. The second-order valence-electron chi connectivity index (χ2n) is 6.63. The Balaban J connectivity index is 2.34. The molecule has 9 nitrogen and oxygen atoms in total. The Kier molecular flexibility index (Phi) is 9.28. The van der Waals surface area contributed by atoms with Crippen LogP contribution in [0, 0.1) is 0 Å². The monoisotopic (exact) mass is 437 g/mol. The number of esters is 1. The molecule has 164 valence electrons. The molecule has 1 N–H and O–H groups in total. The lowest BCUT2D eigenvalue weighted by Crippen LogP contribution is -2.36. The van der Waals surface area contributed by atoms with Gasteiger partial charge >= 0.3 is 5.97 Å². The van der Waals surface area contributed by atoms with Crippen molar-refractivity contribution < 1.29 is 23.8 Å². The Morgan fingerprint density at radius 2 is 2.00 bits per heavy atom. The van der Waals surface area contributed by atoms with Gasteiger partial charge in [0, 0.05) is 33.4 Å². The van der Waals surface area contributed by atoms with E-state index in [0.717, 1.165) is 11.8 Å². The zero-order valence-electron chi connectivity index (χ0n) is 17.6. The van der Waals surface area contributed by atoms with E-state index in [2.05, 4.69) is 10.3 Å². The zero-order chi connectivity index (χ0) is 22.1. The van der Waals surface area contributed by atoms with Gasteiger partial charge in [0.05, 0.1) is 35.9 Å². The normalized spacial score (nSPS) is 12.0. The number of rotatable bonds is 11. The third-order valence-electron chi connectivity index (χ3n) is 4.23. The summed E-state index contributed by atoms with van der Waals surface area (Å²) in [6.07, 6.45) is 0.620. The quantitative estimate of drug-likeness (QED) is 0.244. The van der Waals surface area contributed by atoms with Crippen LogP contribution in [-0.2, 0) is 25.5 Å². The summed E-state index contributed by atoms with van der Waals surface area (Å²) >= 11 is 1.16. The van der Waals surface area contributed by atoms with Gasteiger partial charge in [-0.15, -0.1) is 0 Å². The lowest BCUT2D eigenvalue weighted by molar-refractivity contribution is -0.119. The molecule has 1 amide bonds. The van der Waals surface area contributed by atoms with Crippen molar-refractivity contribution in [1.29, 1.82) is 0 Å². The van der Waals surface area contributed by atoms with Crippen LogP contribution >= 0.6 is 11.8 Å². The van der Waals surface area contributed by atoms with E-state index in [1.165, 1.54) is 23.8 Å². The number of nitrogens with one attached hydrogen (secondary N) is 1. The fourth-order valence-corrected chi connectivity index (χ4v) is 3.69. The third kappa shape index (κ3) is 6.28. The Hall–Kier alpha value is -2.43. The first-order valence-electron chi connectivity index (χ1n) is 9.44. The number of fused-ring (bicyclic) bond motifs is 1. The highest BCUT2D eigenvalue weighted by Crippen LogP contribution is 2.19. The van der Waals surface area contributed by atoms with E-state index in [4.69, 9.17) is 14.2 Å². The molecule has 0 saturated carbocycles. The highest BCUT2D eigenvalue weighted by Gasteiger charge is 2.16. The molecule has 2 aromatic rings. The highest BCUT2D eigenvalue weighted by atomic mass is 32.2. The zero-order valence-corrected chi connectivity index (χ0v) is 18.4. The van der Waals surface area contributed by atoms with Crippen LogP contribution < -0.4 is 10.9 Å². The van der Waals surface area contributed by atoms with E-state index in [9.17, 15) is 14.4 Å². The van der Waals surface area contributed by atoms with Crippen LogP contribution in [0.3, 0.4) is 0 Å². The van der Waals surface area contributed by atoms with E-state index < -0.39 is 5.97 Å². The molecule has 0 aliphatic rings. The summed E-state index contributed by atoms with van der Waals surface area (Å²) in [5.41, 5.74) is 0.445. The number of hydrogen-bond acceptors (Lipinski definition) is 8. The predicted octanol–water partition coefficient (Wildman–Crippen LogP) is 1.46. The number of benzene rings is 1. The number of ether oxygens (including phenoxy) is 3. The van der Waals surface area contributed by atoms with Gasteiger partial charge in [-0.25, -0.2) is 9.78 Å². The van der Waals surface area contributed by atoms with E-state index >= 15 is 0 Å². The van der Waals surface area contributed by atoms with Gasteiger partial charge in [0.15, 0.2) is 5.16 Å². The first-order chi connectivity index (χ1) is 14.4. The first-order valence-corrected chi connectivity index (χ1v) is 10.4. The van der Waals surface area contributed by atoms with Gasteiger partial charge in [-0.05, 0) is 31.5 Å². The summed E-state index contributed by atoms with van der Waals surface area (Å²) in [5.74, 6) is -0.609. The van der Waals surface area contributed by atoms with Gasteiger partial charge in [0.2, 0.25) is 5.91 Å². The third-order valence-corrected chi connectivity index (χ3v) is 5.20. The molecule has 30 heavy (non-hydrogen) atoms. The maximum atomic E-state index is 13.0. The maximum Gasteiger partial charge on any atom is 0.337 e. The topological polar surface area (TPSA) is 109 Å². The minimum atomic E-state index is -0.510. The molecule has 0 bridgehead atoms. The number of aromatic nitrogens is 2. The molecule has 1 aromatic heterocycles. The van der Waals surface area contributed by atoms with Crippen molar-refractivity contribution in [3.8, 4) is 0 Å². The van der Waals surface area contributed by atoms with Crippen molar-refractivity contribution in [2.45, 2.75) is 31.1 Å². The van der Waals surface area contributed by atoms with Crippen molar-refractivity contribution in [3.63, 3.8) is 0 Å². The number of hydrogen-bond donors (Lipinski definition) is 1. The van der Waals surface area contributed by atoms with Crippen LogP contribution in [0.25, 0.3) is 10.9 Å². The minimum absolute atomic E-state index is 0.0902. The van der Waals surface area contributed by atoms with Crippen molar-refractivity contribution in [2.75, 3.05) is 40.3 Å². The molecule has 1 heterocycles. The lowest BCUT2D eigenvalue weighted by Gasteiger charge is -2.15. The van der Waals surface area contributed by atoms with Gasteiger partial charge in [-0.3, -0.25) is 14.2 Å². The molecule has 1 aromatic carbocycles. The van der Waals surface area contributed by atoms with E-state index in [1.807, 2.05) is 6.92 Å². The molecule has 0 spiro atoms. The summed E-state index contributed by atoms with van der Waals surface area (Å²) in [7, 11) is 4.45. The van der Waals surface area contributed by atoms with Gasteiger partial charge in [0.1, 0.15) is 0 Å². The van der Waals surface area contributed by atoms with Crippen LogP contribution in [0.2, 0.25) is 0 Å². The highest BCUT2D eigenvalue weighted by molar-refractivity contribution is 7.99. The predicted molar refractivity (Wildman–Crippen MR) is 114 cm³/mol. The molecule has 0 aliphatic heterocycles. The molecule has 1 unspecified atom stereocenters. The molecule has 0 fully saturated rings. The molecule has 1 atom stereocenters. The first kappa shape index (κ1) is 23.8. The van der Waals surface area contributed by atoms with Crippen molar-refractivity contribution in [1.82, 2.24) is 14.9 Å². The second kappa shape index (κ2) is 11.7. The van der Waals surface area contributed by atoms with Crippen LogP contribution in [0.15, 0.2) is 28.2 Å². The van der Waals surface area contributed by atoms with Gasteiger partial charge in [-0.2, -0.15) is 0 Å². The number of amides is 1. The summed E-state index contributed by atoms with van der Waals surface area (Å²) in [5, 5.41) is 3.62. The SMILES string of the molecule is COCCCn1c(SCC(=O)NC(C)COC)nc2cc(C(=O)OC)ccc2c1=O. The molecular formula is C20H27N3O6S. The van der Waals surface area contributed by atoms with Gasteiger partial charge < -0.3 is 19.5 Å². The number of thioether (sulfide) groups is 1. The summed E-state index contributed by atoms with van der Waals surface area (Å²) in [4.78, 5) is 41.6. The Morgan fingerprint density at radius 3 is 2.67 bits per heavy atom. The minimum Gasteiger partial charge on any atom is -0.465 e. The summed E-state index contributed by atoms with van der Waals surface area (Å²) < 4.78 is 16.4. The fourth-order valence-electron chi connectivity index (χ4n) is 2.86. The number of methoxy groups -OCH3 is 3. The van der Waals surface area contributed by atoms with Gasteiger partial charge in [-0.1, -0.05) is 11.8 Å². The van der Waals surface area contributed by atoms with Crippen LogP contribution in [0.4, 0.5) is 0 Å². The van der Waals surface area contributed by atoms with Crippen LogP contribution in [0.5, 0.6) is 0 Å². The summed E-state index contributed by atoms with van der Waals surface area (Å²) in [6, 6.07) is 4.50.